The summed E-state index contributed by atoms with van der Waals surface area (Å²) in [6.45, 7) is 2.22. The number of alkyl halides is 2. The molecule has 1 saturated heterocycles. The van der Waals surface area contributed by atoms with Gasteiger partial charge < -0.3 is 15.5 Å². The fourth-order valence-corrected chi connectivity index (χ4v) is 4.99. The zero-order valence-electron chi connectivity index (χ0n) is 18.0. The minimum atomic E-state index is -2.86. The predicted octanol–water partition coefficient (Wildman–Crippen LogP) is 3.80. The van der Waals surface area contributed by atoms with E-state index in [2.05, 4.69) is 10.2 Å². The zero-order chi connectivity index (χ0) is 22.8. The maximum absolute atomic E-state index is 13.9. The van der Waals surface area contributed by atoms with Crippen LogP contribution in [-0.2, 0) is 16.9 Å². The third-order valence-corrected chi connectivity index (χ3v) is 6.79. The number of phenols is 1. The van der Waals surface area contributed by atoms with Gasteiger partial charge in [-0.2, -0.15) is 0 Å². The van der Waals surface area contributed by atoms with Crippen LogP contribution in [0.25, 0.3) is 0 Å². The molecule has 7 heteroatoms. The van der Waals surface area contributed by atoms with Gasteiger partial charge in [-0.25, -0.2) is 8.78 Å². The average molecular weight is 445 g/mol. The van der Waals surface area contributed by atoms with Gasteiger partial charge in [0, 0.05) is 44.4 Å². The van der Waals surface area contributed by atoms with Crippen molar-refractivity contribution in [1.82, 2.24) is 10.2 Å². The van der Waals surface area contributed by atoms with E-state index in [4.69, 9.17) is 0 Å². The van der Waals surface area contributed by atoms with E-state index in [0.717, 1.165) is 18.7 Å². The van der Waals surface area contributed by atoms with Crippen LogP contribution in [0, 0.1) is 5.92 Å². The molecule has 32 heavy (non-hydrogen) atoms. The Morgan fingerprint density at radius 3 is 2.44 bits per heavy atom. The number of carbonyl (C=O) groups is 1. The smallest absolute Gasteiger partial charge is 0.257 e. The second-order valence-electron chi connectivity index (χ2n) is 9.12. The number of aromatic hydroxyl groups is 1. The van der Waals surface area contributed by atoms with Crippen LogP contribution in [0.3, 0.4) is 0 Å². The summed E-state index contributed by atoms with van der Waals surface area (Å²) >= 11 is 0. The SMILES string of the molecule is O=C(NC1CCN(Cc2cccc(O)c2)CC1)[C@](O)(c1ccccc1)C1CCC(F)(F)C1. The van der Waals surface area contributed by atoms with Gasteiger partial charge in [0.25, 0.3) is 5.91 Å². The van der Waals surface area contributed by atoms with Crippen molar-refractivity contribution in [1.29, 1.82) is 0 Å². The van der Waals surface area contributed by atoms with E-state index in [-0.39, 0.29) is 24.6 Å². The molecule has 1 amide bonds. The van der Waals surface area contributed by atoms with Crippen LogP contribution in [0.15, 0.2) is 54.6 Å². The molecular formula is C25H30F2N2O3. The minimum absolute atomic E-state index is 0.105. The van der Waals surface area contributed by atoms with Gasteiger partial charge in [-0.15, -0.1) is 0 Å². The Hall–Kier alpha value is -2.51. The second kappa shape index (κ2) is 9.16. The first-order valence-electron chi connectivity index (χ1n) is 11.2. The molecule has 1 aliphatic carbocycles. The van der Waals surface area contributed by atoms with Gasteiger partial charge in [-0.3, -0.25) is 9.69 Å². The van der Waals surface area contributed by atoms with Gasteiger partial charge in [-0.05, 0) is 42.5 Å². The first-order valence-corrected chi connectivity index (χ1v) is 11.2. The maximum atomic E-state index is 13.9. The highest BCUT2D eigenvalue weighted by Gasteiger charge is 2.53. The molecule has 0 radical (unpaired) electrons. The van der Waals surface area contributed by atoms with Gasteiger partial charge in [0.2, 0.25) is 5.92 Å². The molecular weight excluding hydrogens is 414 g/mol. The van der Waals surface area contributed by atoms with Crippen molar-refractivity contribution < 1.29 is 23.8 Å². The average Bonchev–Trinajstić information content (AvgIpc) is 3.15. The minimum Gasteiger partial charge on any atom is -0.508 e. The first kappa shape index (κ1) is 22.7. The highest BCUT2D eigenvalue weighted by molar-refractivity contribution is 5.87. The van der Waals surface area contributed by atoms with Gasteiger partial charge >= 0.3 is 0 Å². The fraction of sp³-hybridized carbons (Fsp3) is 0.480. The van der Waals surface area contributed by atoms with E-state index in [1.165, 1.54) is 0 Å². The number of hydrogen-bond acceptors (Lipinski definition) is 4. The molecule has 172 valence electrons. The first-order chi connectivity index (χ1) is 15.3. The highest BCUT2D eigenvalue weighted by Crippen LogP contribution is 2.47. The van der Waals surface area contributed by atoms with Crippen molar-refractivity contribution in [2.75, 3.05) is 13.1 Å². The largest absolute Gasteiger partial charge is 0.508 e. The molecule has 0 bridgehead atoms. The molecule has 2 aliphatic rings. The van der Waals surface area contributed by atoms with Crippen LogP contribution in [0.2, 0.25) is 0 Å². The molecule has 2 atom stereocenters. The summed E-state index contributed by atoms with van der Waals surface area (Å²) in [5, 5.41) is 24.1. The van der Waals surface area contributed by atoms with Crippen molar-refractivity contribution in [2.45, 2.75) is 56.2 Å². The highest BCUT2D eigenvalue weighted by atomic mass is 19.3. The van der Waals surface area contributed by atoms with Crippen molar-refractivity contribution in [3.8, 4) is 5.75 Å². The number of piperidine rings is 1. The van der Waals surface area contributed by atoms with Gasteiger partial charge in [-0.1, -0.05) is 42.5 Å². The Morgan fingerprint density at radius 1 is 1.09 bits per heavy atom. The molecule has 1 saturated carbocycles. The van der Waals surface area contributed by atoms with E-state index < -0.39 is 29.8 Å². The van der Waals surface area contributed by atoms with Gasteiger partial charge in [0.15, 0.2) is 5.60 Å². The van der Waals surface area contributed by atoms with Crippen molar-refractivity contribution in [2.24, 2.45) is 5.92 Å². The Bertz CT molecular complexity index is 932. The number of nitrogens with zero attached hydrogens (tertiary/aromatic N) is 1. The maximum Gasteiger partial charge on any atom is 0.257 e. The lowest BCUT2D eigenvalue weighted by molar-refractivity contribution is -0.149. The van der Waals surface area contributed by atoms with E-state index in [9.17, 15) is 23.8 Å². The Balaban J connectivity index is 1.41. The van der Waals surface area contributed by atoms with E-state index >= 15 is 0 Å². The Labute approximate surface area is 187 Å². The molecule has 1 heterocycles. The van der Waals surface area contributed by atoms with Crippen LogP contribution in [0.5, 0.6) is 5.75 Å². The Kier molecular flexibility index (Phi) is 6.49. The van der Waals surface area contributed by atoms with Crippen LogP contribution in [0.1, 0.15) is 43.2 Å². The zero-order valence-corrected chi connectivity index (χ0v) is 18.0. The Morgan fingerprint density at radius 2 is 1.81 bits per heavy atom. The molecule has 2 fully saturated rings. The van der Waals surface area contributed by atoms with Crippen LogP contribution < -0.4 is 5.32 Å². The predicted molar refractivity (Wildman–Crippen MR) is 117 cm³/mol. The van der Waals surface area contributed by atoms with E-state index in [1.807, 2.05) is 12.1 Å². The monoisotopic (exact) mass is 444 g/mol. The number of nitrogens with one attached hydrogen (secondary N) is 1. The summed E-state index contributed by atoms with van der Waals surface area (Å²) in [6.07, 6.45) is 0.711. The lowest BCUT2D eigenvalue weighted by Crippen LogP contribution is -2.54. The third kappa shape index (κ3) is 4.94. The summed E-state index contributed by atoms with van der Waals surface area (Å²) < 4.78 is 27.9. The lowest BCUT2D eigenvalue weighted by atomic mass is 9.79. The number of likely N-dealkylation sites (tertiary alicyclic amines) is 1. The number of amides is 1. The molecule has 5 nitrogen and oxygen atoms in total. The van der Waals surface area contributed by atoms with Gasteiger partial charge in [0.05, 0.1) is 0 Å². The summed E-state index contributed by atoms with van der Waals surface area (Å²) in [4.78, 5) is 15.5. The normalized spacial score (nSPS) is 23.5. The number of carbonyl (C=O) groups excluding carboxylic acids is 1. The molecule has 1 unspecified atom stereocenters. The number of aliphatic hydroxyl groups is 1. The molecule has 3 N–H and O–H groups in total. The van der Waals surface area contributed by atoms with Crippen molar-refractivity contribution in [3.05, 3.63) is 65.7 Å². The van der Waals surface area contributed by atoms with Crippen molar-refractivity contribution >= 4 is 5.91 Å². The molecule has 2 aromatic carbocycles. The van der Waals surface area contributed by atoms with Crippen LogP contribution in [-0.4, -0.2) is 46.1 Å². The molecule has 4 rings (SSSR count). The summed E-state index contributed by atoms with van der Waals surface area (Å²) in [6, 6.07) is 15.5. The fourth-order valence-electron chi connectivity index (χ4n) is 4.99. The number of hydrogen-bond donors (Lipinski definition) is 3. The standard InChI is InChI=1S/C25H30F2N2O3/c26-24(27)12-9-20(16-24)25(32,19-6-2-1-3-7-19)23(31)28-21-10-13-29(14-11-21)17-18-5-4-8-22(30)15-18/h1-8,15,20-21,30,32H,9-14,16-17H2,(H,28,31)/t20?,25-/m0/s1. The molecule has 0 aromatic heterocycles. The lowest BCUT2D eigenvalue weighted by Gasteiger charge is -2.37. The van der Waals surface area contributed by atoms with Crippen molar-refractivity contribution in [3.63, 3.8) is 0 Å². The van der Waals surface area contributed by atoms with E-state index in [0.29, 0.717) is 24.9 Å². The second-order valence-corrected chi connectivity index (χ2v) is 9.12. The number of phenolic OH excluding ortho intramolecular Hbond substituents is 1. The summed E-state index contributed by atoms with van der Waals surface area (Å²) in [5.74, 6) is -4.03. The molecule has 0 spiro atoms. The van der Waals surface area contributed by atoms with Crippen LogP contribution >= 0.6 is 0 Å². The summed E-state index contributed by atoms with van der Waals surface area (Å²) in [7, 11) is 0. The summed E-state index contributed by atoms with van der Waals surface area (Å²) in [5.41, 5.74) is -0.588. The molecule has 1 aliphatic heterocycles. The molecule has 2 aromatic rings. The van der Waals surface area contributed by atoms with E-state index in [1.54, 1.807) is 42.5 Å². The number of rotatable bonds is 6. The quantitative estimate of drug-likeness (QED) is 0.634. The van der Waals surface area contributed by atoms with Crippen LogP contribution in [0.4, 0.5) is 8.78 Å². The number of halogens is 2. The third-order valence-electron chi connectivity index (χ3n) is 6.79. The van der Waals surface area contributed by atoms with Gasteiger partial charge in [0.1, 0.15) is 5.75 Å². The topological polar surface area (TPSA) is 72.8 Å². The number of benzene rings is 2.